The van der Waals surface area contributed by atoms with Crippen molar-refractivity contribution in [2.24, 2.45) is 0 Å². The van der Waals surface area contributed by atoms with E-state index in [1.807, 2.05) is 12.1 Å². The number of fused-ring (bicyclic) bond motifs is 2. The molecule has 6 heteroatoms. The van der Waals surface area contributed by atoms with Gasteiger partial charge in [0.05, 0.1) is 5.54 Å². The second-order valence-corrected chi connectivity index (χ2v) is 7.05. The van der Waals surface area contributed by atoms with Gasteiger partial charge in [-0.2, -0.15) is 4.31 Å². The molecule has 0 N–H and O–H groups in total. The SMILES string of the molecule is CN1CCC2(CC1)c1cccnc1S(=O)(=O)N2C. The first-order chi connectivity index (χ1) is 8.48. The van der Waals surface area contributed by atoms with Gasteiger partial charge in [0, 0.05) is 18.8 Å². The largest absolute Gasteiger partial charge is 0.306 e. The van der Waals surface area contributed by atoms with Gasteiger partial charge in [0.25, 0.3) is 10.0 Å². The molecule has 3 rings (SSSR count). The van der Waals surface area contributed by atoms with Crippen molar-refractivity contribution >= 4 is 10.0 Å². The summed E-state index contributed by atoms with van der Waals surface area (Å²) in [6.45, 7) is 1.82. The molecule has 1 aromatic rings. The molecular formula is C12H17N3O2S. The van der Waals surface area contributed by atoms with Crippen molar-refractivity contribution < 1.29 is 8.42 Å². The van der Waals surface area contributed by atoms with Crippen molar-refractivity contribution in [1.29, 1.82) is 0 Å². The minimum atomic E-state index is -3.41. The van der Waals surface area contributed by atoms with E-state index in [9.17, 15) is 8.42 Å². The van der Waals surface area contributed by atoms with Crippen LogP contribution in [-0.2, 0) is 15.6 Å². The Morgan fingerprint density at radius 2 is 1.94 bits per heavy atom. The topological polar surface area (TPSA) is 53.5 Å². The first-order valence-electron chi connectivity index (χ1n) is 6.11. The minimum absolute atomic E-state index is 0.247. The molecule has 0 saturated carbocycles. The minimum Gasteiger partial charge on any atom is -0.306 e. The number of sulfonamides is 1. The van der Waals surface area contributed by atoms with Gasteiger partial charge in [-0.05, 0) is 39.0 Å². The average molecular weight is 267 g/mol. The first-order valence-corrected chi connectivity index (χ1v) is 7.55. The molecule has 2 aliphatic heterocycles. The maximum atomic E-state index is 12.4. The summed E-state index contributed by atoms with van der Waals surface area (Å²) < 4.78 is 26.3. The standard InChI is InChI=1S/C12H17N3O2S/c1-14-8-5-12(6-9-14)10-4-3-7-13-11(10)18(16,17)15(12)2/h3-4,7H,5-6,8-9H2,1-2H3. The lowest BCUT2D eigenvalue weighted by molar-refractivity contribution is 0.109. The molecule has 0 unspecified atom stereocenters. The van der Waals surface area contributed by atoms with E-state index >= 15 is 0 Å². The lowest BCUT2D eigenvalue weighted by Crippen LogP contribution is -2.48. The quantitative estimate of drug-likeness (QED) is 0.692. The zero-order valence-electron chi connectivity index (χ0n) is 10.6. The van der Waals surface area contributed by atoms with Gasteiger partial charge in [-0.3, -0.25) is 0 Å². The number of hydrogen-bond donors (Lipinski definition) is 0. The molecule has 0 bridgehead atoms. The molecule has 3 heterocycles. The molecule has 1 saturated heterocycles. The Morgan fingerprint density at radius 1 is 1.28 bits per heavy atom. The second kappa shape index (κ2) is 3.76. The predicted octanol–water partition coefficient (Wildman–Crippen LogP) is 0.637. The Bertz CT molecular complexity index is 577. The summed E-state index contributed by atoms with van der Waals surface area (Å²) >= 11 is 0. The Balaban J connectivity index is 2.18. The van der Waals surface area contributed by atoms with Gasteiger partial charge in [0.1, 0.15) is 0 Å². The van der Waals surface area contributed by atoms with Gasteiger partial charge in [-0.1, -0.05) is 6.07 Å². The van der Waals surface area contributed by atoms with E-state index in [2.05, 4.69) is 16.9 Å². The van der Waals surface area contributed by atoms with E-state index in [1.54, 1.807) is 13.2 Å². The molecule has 1 aromatic heterocycles. The summed E-state index contributed by atoms with van der Waals surface area (Å²) in [5.74, 6) is 0. The van der Waals surface area contributed by atoms with Crippen molar-refractivity contribution in [2.45, 2.75) is 23.4 Å². The molecule has 0 amide bonds. The summed E-state index contributed by atoms with van der Waals surface area (Å²) in [6, 6.07) is 3.74. The summed E-state index contributed by atoms with van der Waals surface area (Å²) in [5, 5.41) is 0.247. The maximum Gasteiger partial charge on any atom is 0.261 e. The Hall–Kier alpha value is -0.980. The predicted molar refractivity (Wildman–Crippen MR) is 67.6 cm³/mol. The third-order valence-electron chi connectivity index (χ3n) is 4.29. The maximum absolute atomic E-state index is 12.4. The highest BCUT2D eigenvalue weighted by molar-refractivity contribution is 7.89. The van der Waals surface area contributed by atoms with Gasteiger partial charge in [0.15, 0.2) is 5.03 Å². The number of pyridine rings is 1. The Morgan fingerprint density at radius 3 is 2.61 bits per heavy atom. The van der Waals surface area contributed by atoms with Crippen LogP contribution in [0.5, 0.6) is 0 Å². The molecule has 2 aliphatic rings. The van der Waals surface area contributed by atoms with Crippen LogP contribution in [0.2, 0.25) is 0 Å². The molecule has 1 spiro atoms. The van der Waals surface area contributed by atoms with E-state index in [1.165, 1.54) is 4.31 Å². The number of likely N-dealkylation sites (tertiary alicyclic amines) is 1. The van der Waals surface area contributed by atoms with Gasteiger partial charge in [0.2, 0.25) is 0 Å². The van der Waals surface area contributed by atoms with Crippen LogP contribution < -0.4 is 0 Å². The van der Waals surface area contributed by atoms with Crippen LogP contribution in [0.25, 0.3) is 0 Å². The van der Waals surface area contributed by atoms with Crippen LogP contribution in [0.15, 0.2) is 23.4 Å². The van der Waals surface area contributed by atoms with Gasteiger partial charge >= 0.3 is 0 Å². The van der Waals surface area contributed by atoms with Crippen LogP contribution >= 0.6 is 0 Å². The van der Waals surface area contributed by atoms with Crippen LogP contribution in [0, 0.1) is 0 Å². The highest BCUT2D eigenvalue weighted by atomic mass is 32.2. The van der Waals surface area contributed by atoms with Crippen LogP contribution in [0.3, 0.4) is 0 Å². The monoisotopic (exact) mass is 267 g/mol. The summed E-state index contributed by atoms with van der Waals surface area (Å²) in [6.07, 6.45) is 3.22. The molecule has 0 atom stereocenters. The highest BCUT2D eigenvalue weighted by Gasteiger charge is 2.53. The van der Waals surface area contributed by atoms with E-state index in [0.717, 1.165) is 31.5 Å². The third kappa shape index (κ3) is 1.39. The molecule has 5 nitrogen and oxygen atoms in total. The van der Waals surface area contributed by atoms with Crippen LogP contribution in [0.4, 0.5) is 0 Å². The summed E-state index contributed by atoms with van der Waals surface area (Å²) in [5.41, 5.74) is 0.496. The molecule has 0 aliphatic carbocycles. The Labute approximate surface area is 107 Å². The number of hydrogen-bond acceptors (Lipinski definition) is 4. The van der Waals surface area contributed by atoms with E-state index < -0.39 is 10.0 Å². The molecule has 0 radical (unpaired) electrons. The third-order valence-corrected chi connectivity index (χ3v) is 6.18. The number of piperidine rings is 1. The van der Waals surface area contributed by atoms with Crippen molar-refractivity contribution in [3.8, 4) is 0 Å². The zero-order valence-corrected chi connectivity index (χ0v) is 11.4. The average Bonchev–Trinajstić information content (AvgIpc) is 2.54. The van der Waals surface area contributed by atoms with E-state index in [0.29, 0.717) is 0 Å². The number of nitrogens with zero attached hydrogens (tertiary/aromatic N) is 3. The molecule has 18 heavy (non-hydrogen) atoms. The molecule has 0 aromatic carbocycles. The van der Waals surface area contributed by atoms with Crippen molar-refractivity contribution in [2.75, 3.05) is 27.2 Å². The normalized spacial score (nSPS) is 26.3. The van der Waals surface area contributed by atoms with E-state index in [4.69, 9.17) is 0 Å². The van der Waals surface area contributed by atoms with Crippen molar-refractivity contribution in [1.82, 2.24) is 14.2 Å². The molecule has 98 valence electrons. The van der Waals surface area contributed by atoms with Gasteiger partial charge in [-0.25, -0.2) is 13.4 Å². The summed E-state index contributed by atoms with van der Waals surface area (Å²) in [7, 11) is 0.347. The van der Waals surface area contributed by atoms with Crippen molar-refractivity contribution in [3.63, 3.8) is 0 Å². The van der Waals surface area contributed by atoms with Crippen LogP contribution in [0.1, 0.15) is 18.4 Å². The lowest BCUT2D eigenvalue weighted by atomic mass is 9.82. The Kier molecular flexibility index (Phi) is 2.52. The number of rotatable bonds is 0. The summed E-state index contributed by atoms with van der Waals surface area (Å²) in [4.78, 5) is 6.32. The zero-order chi connectivity index (χ0) is 13.0. The molecule has 1 fully saturated rings. The second-order valence-electron chi connectivity index (χ2n) is 5.16. The van der Waals surface area contributed by atoms with Crippen LogP contribution in [-0.4, -0.2) is 49.8 Å². The fourth-order valence-corrected chi connectivity index (χ4v) is 4.78. The molecular weight excluding hydrogens is 250 g/mol. The lowest BCUT2D eigenvalue weighted by Gasteiger charge is -2.41. The smallest absolute Gasteiger partial charge is 0.261 e. The number of aromatic nitrogens is 1. The van der Waals surface area contributed by atoms with Crippen molar-refractivity contribution in [3.05, 3.63) is 23.9 Å². The fourth-order valence-electron chi connectivity index (χ4n) is 3.05. The van der Waals surface area contributed by atoms with Gasteiger partial charge in [-0.15, -0.1) is 0 Å². The fraction of sp³-hybridized carbons (Fsp3) is 0.583. The first kappa shape index (κ1) is 12.1. The van der Waals surface area contributed by atoms with E-state index in [-0.39, 0.29) is 10.6 Å². The van der Waals surface area contributed by atoms with Gasteiger partial charge < -0.3 is 4.90 Å². The highest BCUT2D eigenvalue weighted by Crippen LogP contribution is 2.47.